The van der Waals surface area contributed by atoms with Gasteiger partial charge in [-0.15, -0.1) is 0 Å². The van der Waals surface area contributed by atoms with E-state index in [-0.39, 0.29) is 6.61 Å². The Morgan fingerprint density at radius 1 is 1.08 bits per heavy atom. The fourth-order valence-electron chi connectivity index (χ4n) is 2.65. The Morgan fingerprint density at radius 2 is 1.73 bits per heavy atom. The van der Waals surface area contributed by atoms with Gasteiger partial charge < -0.3 is 24.0 Å². The molecule has 0 spiro atoms. The van der Waals surface area contributed by atoms with Crippen molar-refractivity contribution in [3.05, 3.63) is 48.0 Å². The lowest BCUT2D eigenvalue weighted by molar-refractivity contribution is 0.214. The van der Waals surface area contributed by atoms with E-state index >= 15 is 0 Å². The molecule has 0 aliphatic rings. The average molecular weight is 379 g/mol. The second-order valence-corrected chi connectivity index (χ2v) is 8.36. The Hall–Kier alpha value is -2.01. The van der Waals surface area contributed by atoms with E-state index in [9.17, 15) is 9.67 Å². The lowest BCUT2D eigenvalue weighted by Gasteiger charge is -2.25. The van der Waals surface area contributed by atoms with Crippen LogP contribution in [0.25, 0.3) is 0 Å². The third-order valence-corrected chi connectivity index (χ3v) is 6.67. The topological polar surface area (TPSA) is 68.2 Å². The van der Waals surface area contributed by atoms with Gasteiger partial charge in [0.1, 0.15) is 11.5 Å². The minimum atomic E-state index is -3.58. The van der Waals surface area contributed by atoms with Crippen LogP contribution < -0.4 is 19.7 Å². The van der Waals surface area contributed by atoms with Gasteiger partial charge in [0, 0.05) is 36.7 Å². The van der Waals surface area contributed by atoms with Crippen molar-refractivity contribution in [2.75, 3.05) is 39.8 Å². The first-order valence-electron chi connectivity index (χ1n) is 8.29. The van der Waals surface area contributed by atoms with E-state index in [4.69, 9.17) is 14.0 Å². The van der Waals surface area contributed by atoms with Crippen molar-refractivity contribution in [1.29, 1.82) is 0 Å². The Balaban J connectivity index is 2.49. The summed E-state index contributed by atoms with van der Waals surface area (Å²) in [6.07, 6.45) is 0. The molecule has 0 amide bonds. The standard InChI is InChI=1S/C19H26NO5P/c1-6-25-26(22,16-10-7-14(8-11-16)20(2)3)19(21)17-12-9-15(23-4)13-18(17)24-5/h7-13,19,21H,6H2,1-5H3/t19-,26-/m0/s1. The molecule has 2 atom stereocenters. The van der Waals surface area contributed by atoms with Crippen LogP contribution in [-0.2, 0) is 9.09 Å². The summed E-state index contributed by atoms with van der Waals surface area (Å²) in [6.45, 7) is 1.96. The van der Waals surface area contributed by atoms with Crippen molar-refractivity contribution >= 4 is 18.4 Å². The van der Waals surface area contributed by atoms with Crippen molar-refractivity contribution < 1.29 is 23.7 Å². The van der Waals surface area contributed by atoms with Crippen LogP contribution >= 0.6 is 7.37 Å². The van der Waals surface area contributed by atoms with Gasteiger partial charge in [0.15, 0.2) is 5.85 Å². The molecule has 2 aromatic rings. The first-order chi connectivity index (χ1) is 12.4. The second-order valence-electron chi connectivity index (χ2n) is 5.91. The summed E-state index contributed by atoms with van der Waals surface area (Å²) in [5.41, 5.74) is 1.36. The van der Waals surface area contributed by atoms with Crippen LogP contribution in [0, 0.1) is 0 Å². The van der Waals surface area contributed by atoms with Crippen molar-refractivity contribution in [3.8, 4) is 11.5 Å². The molecule has 0 aliphatic heterocycles. The molecule has 2 rings (SSSR count). The van der Waals surface area contributed by atoms with Gasteiger partial charge >= 0.3 is 0 Å². The highest BCUT2D eigenvalue weighted by Gasteiger charge is 2.37. The van der Waals surface area contributed by atoms with Gasteiger partial charge in [0.2, 0.25) is 0 Å². The largest absolute Gasteiger partial charge is 0.497 e. The Labute approximate surface area is 154 Å². The molecule has 2 aromatic carbocycles. The molecule has 1 N–H and O–H groups in total. The zero-order chi connectivity index (χ0) is 19.3. The van der Waals surface area contributed by atoms with Crippen LogP contribution in [0.1, 0.15) is 18.3 Å². The Kier molecular flexibility index (Phi) is 6.70. The quantitative estimate of drug-likeness (QED) is 0.709. The van der Waals surface area contributed by atoms with E-state index in [0.29, 0.717) is 22.4 Å². The van der Waals surface area contributed by atoms with Crippen molar-refractivity contribution in [2.24, 2.45) is 0 Å². The van der Waals surface area contributed by atoms with Crippen molar-refractivity contribution in [3.63, 3.8) is 0 Å². The molecular weight excluding hydrogens is 353 g/mol. The van der Waals surface area contributed by atoms with Gasteiger partial charge in [0.25, 0.3) is 7.37 Å². The number of hydrogen-bond donors (Lipinski definition) is 1. The van der Waals surface area contributed by atoms with Gasteiger partial charge in [-0.25, -0.2) is 0 Å². The molecule has 0 saturated heterocycles. The lowest BCUT2D eigenvalue weighted by atomic mass is 10.2. The minimum Gasteiger partial charge on any atom is -0.497 e. The second kappa shape index (κ2) is 8.58. The predicted octanol–water partition coefficient (Wildman–Crippen LogP) is 3.40. The Morgan fingerprint density at radius 3 is 2.23 bits per heavy atom. The highest BCUT2D eigenvalue weighted by molar-refractivity contribution is 7.67. The van der Waals surface area contributed by atoms with Gasteiger partial charge in [-0.2, -0.15) is 0 Å². The molecule has 142 valence electrons. The van der Waals surface area contributed by atoms with Crippen LogP contribution in [0.2, 0.25) is 0 Å². The summed E-state index contributed by atoms with van der Waals surface area (Å²) in [5.74, 6) is -0.380. The number of methoxy groups -OCH3 is 2. The fraction of sp³-hybridized carbons (Fsp3) is 0.368. The molecule has 0 radical (unpaired) electrons. The van der Waals surface area contributed by atoms with Gasteiger partial charge in [0.05, 0.1) is 20.8 Å². The van der Waals surface area contributed by atoms with Crippen LogP contribution in [0.3, 0.4) is 0 Å². The summed E-state index contributed by atoms with van der Waals surface area (Å²) < 4.78 is 29.8. The number of rotatable bonds is 8. The lowest BCUT2D eigenvalue weighted by Crippen LogP contribution is -2.16. The maximum absolute atomic E-state index is 13.6. The van der Waals surface area contributed by atoms with Gasteiger partial charge in [-0.1, -0.05) is 0 Å². The van der Waals surface area contributed by atoms with E-state index in [2.05, 4.69) is 0 Å². The fourth-order valence-corrected chi connectivity index (χ4v) is 4.75. The first kappa shape index (κ1) is 20.3. The number of benzene rings is 2. The highest BCUT2D eigenvalue weighted by Crippen LogP contribution is 2.59. The molecule has 6 nitrogen and oxygen atoms in total. The molecule has 0 aliphatic carbocycles. The van der Waals surface area contributed by atoms with E-state index < -0.39 is 13.2 Å². The summed E-state index contributed by atoms with van der Waals surface area (Å²) in [7, 11) is 3.30. The number of nitrogens with zero attached hydrogens (tertiary/aromatic N) is 1. The van der Waals surface area contributed by atoms with Crippen LogP contribution in [0.15, 0.2) is 42.5 Å². The van der Waals surface area contributed by atoms with Gasteiger partial charge in [-0.05, 0) is 43.3 Å². The molecule has 0 saturated carbocycles. The monoisotopic (exact) mass is 379 g/mol. The van der Waals surface area contributed by atoms with Gasteiger partial charge in [-0.3, -0.25) is 4.57 Å². The van der Waals surface area contributed by atoms with E-state index in [1.165, 1.54) is 7.11 Å². The molecule has 0 heterocycles. The predicted molar refractivity (Wildman–Crippen MR) is 104 cm³/mol. The third-order valence-electron chi connectivity index (χ3n) is 4.09. The van der Waals surface area contributed by atoms with E-state index in [0.717, 1.165) is 5.69 Å². The minimum absolute atomic E-state index is 0.211. The van der Waals surface area contributed by atoms with Crippen molar-refractivity contribution in [1.82, 2.24) is 0 Å². The number of aliphatic hydroxyl groups is 1. The summed E-state index contributed by atoms with van der Waals surface area (Å²) in [5, 5.41) is 11.4. The SMILES string of the molecule is CCO[P@@](=O)(c1ccc(N(C)C)cc1)[C@H](O)c1ccc(OC)cc1OC. The molecule has 7 heteroatoms. The molecule has 0 bridgehead atoms. The molecule has 0 unspecified atom stereocenters. The number of ether oxygens (including phenoxy) is 2. The smallest absolute Gasteiger partial charge is 0.264 e. The van der Waals surface area contributed by atoms with Crippen LogP contribution in [-0.4, -0.2) is 40.0 Å². The zero-order valence-corrected chi connectivity index (χ0v) is 16.7. The normalized spacial score (nSPS) is 14.4. The zero-order valence-electron chi connectivity index (χ0n) is 15.8. The summed E-state index contributed by atoms with van der Waals surface area (Å²) in [4.78, 5) is 1.94. The molecule has 26 heavy (non-hydrogen) atoms. The van der Waals surface area contributed by atoms with Crippen LogP contribution in [0.4, 0.5) is 5.69 Å². The van der Waals surface area contributed by atoms with Crippen molar-refractivity contribution in [2.45, 2.75) is 12.8 Å². The van der Waals surface area contributed by atoms with E-state index in [1.54, 1.807) is 44.4 Å². The summed E-state index contributed by atoms with van der Waals surface area (Å²) >= 11 is 0. The number of hydrogen-bond acceptors (Lipinski definition) is 6. The number of anilines is 1. The molecule has 0 fully saturated rings. The van der Waals surface area contributed by atoms with E-state index in [1.807, 2.05) is 31.1 Å². The number of aliphatic hydroxyl groups excluding tert-OH is 1. The maximum Gasteiger partial charge on any atom is 0.264 e. The molecule has 0 aromatic heterocycles. The first-order valence-corrected chi connectivity index (χ1v) is 9.99. The Bertz CT molecular complexity index is 776. The summed E-state index contributed by atoms with van der Waals surface area (Å²) in [6, 6.07) is 12.1. The average Bonchev–Trinajstić information content (AvgIpc) is 2.66. The highest BCUT2D eigenvalue weighted by atomic mass is 31.2. The van der Waals surface area contributed by atoms with Crippen LogP contribution in [0.5, 0.6) is 11.5 Å². The third kappa shape index (κ3) is 4.04. The molecular formula is C19H26NO5P. The maximum atomic E-state index is 13.6.